The number of hydrogen-bond acceptors (Lipinski definition) is 5. The third-order valence-electron chi connectivity index (χ3n) is 8.32. The fourth-order valence-electron chi connectivity index (χ4n) is 5.51. The van der Waals surface area contributed by atoms with Gasteiger partial charge in [0.25, 0.3) is 5.91 Å². The summed E-state index contributed by atoms with van der Waals surface area (Å²) in [6.07, 6.45) is 1.76. The first kappa shape index (κ1) is 30.5. The summed E-state index contributed by atoms with van der Waals surface area (Å²) in [6, 6.07) is 25.8. The van der Waals surface area contributed by atoms with Gasteiger partial charge in [-0.25, -0.2) is 0 Å². The Kier molecular flexibility index (Phi) is 9.78. The number of nitrogens with zero attached hydrogens (tertiary/aromatic N) is 2. The zero-order valence-corrected chi connectivity index (χ0v) is 24.6. The largest absolute Gasteiger partial charge is 0.461 e. The first-order valence-corrected chi connectivity index (χ1v) is 14.3. The number of ether oxygens (including phenoxy) is 1. The van der Waals surface area contributed by atoms with Crippen molar-refractivity contribution in [3.63, 3.8) is 0 Å². The maximum absolute atomic E-state index is 14.2. The van der Waals surface area contributed by atoms with E-state index in [1.54, 1.807) is 36.2 Å². The van der Waals surface area contributed by atoms with Crippen LogP contribution in [-0.4, -0.2) is 59.1 Å². The molecular formula is C34H40N4O4. The van der Waals surface area contributed by atoms with Crippen LogP contribution in [0.4, 0.5) is 0 Å². The Morgan fingerprint density at radius 3 is 2.05 bits per heavy atom. The number of nitrogen functional groups attached to an aromatic ring is 1. The quantitative estimate of drug-likeness (QED) is 0.203. The molecule has 3 aromatic rings. The normalized spacial score (nSPS) is 14.6. The summed E-state index contributed by atoms with van der Waals surface area (Å²) < 4.78 is 5.48. The lowest BCUT2D eigenvalue weighted by molar-refractivity contribution is -0.146. The average Bonchev–Trinajstić information content (AvgIpc) is 3.00. The molecule has 0 aliphatic carbocycles. The second-order valence-electron chi connectivity index (χ2n) is 11.5. The summed E-state index contributed by atoms with van der Waals surface area (Å²) in [5, 5.41) is 7.61. The van der Waals surface area contributed by atoms with Crippen molar-refractivity contribution in [3.05, 3.63) is 107 Å². The number of esters is 1. The number of likely N-dealkylation sites (tertiary alicyclic amines) is 1. The number of rotatable bonds is 10. The minimum absolute atomic E-state index is 0.0390. The Hall–Kier alpha value is -4.46. The lowest BCUT2D eigenvalue weighted by Crippen LogP contribution is -2.55. The Balaban J connectivity index is 1.43. The minimum Gasteiger partial charge on any atom is -0.461 e. The van der Waals surface area contributed by atoms with Crippen LogP contribution in [0.5, 0.6) is 0 Å². The second-order valence-corrected chi connectivity index (χ2v) is 11.5. The van der Waals surface area contributed by atoms with Gasteiger partial charge >= 0.3 is 5.97 Å². The Morgan fingerprint density at radius 2 is 1.48 bits per heavy atom. The topological polar surface area (TPSA) is 117 Å². The molecular weight excluding hydrogens is 528 g/mol. The number of nitrogens with one attached hydrogen (secondary N) is 1. The summed E-state index contributed by atoms with van der Waals surface area (Å²) in [6.45, 7) is 5.18. The minimum atomic E-state index is -0.868. The number of carbonyl (C=O) groups excluding carboxylic acids is 3. The highest BCUT2D eigenvalue weighted by atomic mass is 16.5. The van der Waals surface area contributed by atoms with Crippen molar-refractivity contribution < 1.29 is 19.1 Å². The molecule has 2 amide bonds. The zero-order chi connectivity index (χ0) is 30.3. The third-order valence-corrected chi connectivity index (χ3v) is 8.32. The molecule has 3 N–H and O–H groups in total. The van der Waals surface area contributed by atoms with Gasteiger partial charge in [-0.05, 0) is 55.9 Å². The summed E-state index contributed by atoms with van der Waals surface area (Å²) in [5.74, 6) is -0.993. The number of carbonyl (C=O) groups is 3. The molecule has 0 bridgehead atoms. The van der Waals surface area contributed by atoms with Gasteiger partial charge in [-0.3, -0.25) is 19.8 Å². The highest BCUT2D eigenvalue weighted by molar-refractivity contribution is 5.98. The predicted octanol–water partition coefficient (Wildman–Crippen LogP) is 4.98. The fourth-order valence-corrected chi connectivity index (χ4v) is 5.51. The molecule has 0 saturated carbocycles. The highest BCUT2D eigenvalue weighted by Crippen LogP contribution is 2.36. The molecule has 1 heterocycles. The van der Waals surface area contributed by atoms with Crippen molar-refractivity contribution in [2.24, 2.45) is 11.7 Å². The van der Waals surface area contributed by atoms with Crippen molar-refractivity contribution in [1.82, 2.24) is 9.80 Å². The summed E-state index contributed by atoms with van der Waals surface area (Å²) >= 11 is 0. The third kappa shape index (κ3) is 7.24. The van der Waals surface area contributed by atoms with Crippen molar-refractivity contribution in [3.8, 4) is 0 Å². The number of likely N-dealkylation sites (N-methyl/N-ethyl adjacent to an activating group) is 1. The lowest BCUT2D eigenvalue weighted by atomic mass is 9.78. The van der Waals surface area contributed by atoms with Gasteiger partial charge in [-0.15, -0.1) is 0 Å². The van der Waals surface area contributed by atoms with Gasteiger partial charge in [0.2, 0.25) is 5.91 Å². The fraction of sp³-hybridized carbons (Fsp3) is 0.353. The first-order valence-electron chi connectivity index (χ1n) is 14.3. The van der Waals surface area contributed by atoms with Gasteiger partial charge in [0.1, 0.15) is 12.4 Å². The number of nitrogens with two attached hydrogens (primary N) is 1. The number of amidine groups is 1. The van der Waals surface area contributed by atoms with E-state index >= 15 is 0 Å². The van der Waals surface area contributed by atoms with Gasteiger partial charge < -0.3 is 20.3 Å². The van der Waals surface area contributed by atoms with Crippen molar-refractivity contribution >= 4 is 23.6 Å². The molecule has 8 heteroatoms. The monoisotopic (exact) mass is 568 g/mol. The first-order chi connectivity index (χ1) is 20.1. The van der Waals surface area contributed by atoms with Gasteiger partial charge in [0.05, 0.1) is 11.5 Å². The molecule has 1 fully saturated rings. The van der Waals surface area contributed by atoms with Crippen molar-refractivity contribution in [2.45, 2.75) is 51.2 Å². The molecule has 42 heavy (non-hydrogen) atoms. The Bertz CT molecular complexity index is 1380. The summed E-state index contributed by atoms with van der Waals surface area (Å²) in [4.78, 5) is 43.7. The number of amides is 2. The smallest absolute Gasteiger partial charge is 0.306 e. The molecule has 3 aromatic carbocycles. The maximum atomic E-state index is 14.2. The molecule has 0 radical (unpaired) electrons. The standard InChI is InChI=1S/C34H40N4O4/c1-34(2,37(3)32(40)28-16-14-27(15-17-28)31(35)36)30(26-12-8-5-9-13-26)33(41)38-20-18-24(19-21-38)22-29(39)42-23-25-10-6-4-7-11-25/h4-17,24,30H,18-23H2,1-3H3,(H3,35,36). The molecule has 8 nitrogen and oxygen atoms in total. The number of hydrogen-bond donors (Lipinski definition) is 2. The van der Waals surface area contributed by atoms with E-state index in [1.807, 2.05) is 79.4 Å². The van der Waals surface area contributed by atoms with E-state index in [2.05, 4.69) is 0 Å². The Labute approximate surface area is 248 Å². The lowest BCUT2D eigenvalue weighted by Gasteiger charge is -2.44. The van der Waals surface area contributed by atoms with Crippen LogP contribution in [0.3, 0.4) is 0 Å². The second kappa shape index (κ2) is 13.5. The molecule has 0 spiro atoms. The van der Waals surface area contributed by atoms with Gasteiger partial charge in [0, 0.05) is 37.7 Å². The van der Waals surface area contributed by atoms with E-state index in [9.17, 15) is 14.4 Å². The molecule has 1 aliphatic rings. The van der Waals surface area contributed by atoms with Crippen LogP contribution in [0.25, 0.3) is 0 Å². The van der Waals surface area contributed by atoms with E-state index in [0.717, 1.165) is 11.1 Å². The predicted molar refractivity (Wildman–Crippen MR) is 163 cm³/mol. The van der Waals surface area contributed by atoms with Crippen LogP contribution in [0.2, 0.25) is 0 Å². The van der Waals surface area contributed by atoms with Crippen molar-refractivity contribution in [1.29, 1.82) is 5.41 Å². The van der Waals surface area contributed by atoms with Crippen LogP contribution in [0.15, 0.2) is 84.9 Å². The van der Waals surface area contributed by atoms with Crippen LogP contribution in [-0.2, 0) is 20.9 Å². The van der Waals surface area contributed by atoms with E-state index in [-0.39, 0.29) is 36.1 Å². The average molecular weight is 569 g/mol. The van der Waals surface area contributed by atoms with Gasteiger partial charge in [-0.2, -0.15) is 0 Å². The van der Waals surface area contributed by atoms with E-state index in [4.69, 9.17) is 15.9 Å². The van der Waals surface area contributed by atoms with E-state index < -0.39 is 11.5 Å². The maximum Gasteiger partial charge on any atom is 0.306 e. The SMILES string of the molecule is CN(C(=O)c1ccc(C(=N)N)cc1)C(C)(C)C(C(=O)N1CCC(CC(=O)OCc2ccccc2)CC1)c1ccccc1. The van der Waals surface area contributed by atoms with E-state index in [0.29, 0.717) is 43.5 Å². The molecule has 1 atom stereocenters. The van der Waals surface area contributed by atoms with E-state index in [1.165, 1.54) is 0 Å². The molecule has 4 rings (SSSR count). The number of piperidine rings is 1. The summed E-state index contributed by atoms with van der Waals surface area (Å²) in [5.41, 5.74) is 7.49. The zero-order valence-electron chi connectivity index (χ0n) is 24.6. The van der Waals surface area contributed by atoms with Crippen LogP contribution >= 0.6 is 0 Å². The molecule has 0 aromatic heterocycles. The molecule has 1 aliphatic heterocycles. The van der Waals surface area contributed by atoms with Crippen LogP contribution in [0, 0.1) is 11.3 Å². The van der Waals surface area contributed by atoms with Crippen LogP contribution in [0.1, 0.15) is 66.1 Å². The van der Waals surface area contributed by atoms with Crippen LogP contribution < -0.4 is 5.73 Å². The molecule has 220 valence electrons. The van der Waals surface area contributed by atoms with Gasteiger partial charge in [0.15, 0.2) is 0 Å². The number of benzene rings is 3. The van der Waals surface area contributed by atoms with Crippen molar-refractivity contribution in [2.75, 3.05) is 20.1 Å². The van der Waals surface area contributed by atoms with Gasteiger partial charge in [-0.1, -0.05) is 72.8 Å². The highest BCUT2D eigenvalue weighted by Gasteiger charge is 2.44. The molecule has 1 saturated heterocycles. The Morgan fingerprint density at radius 1 is 0.929 bits per heavy atom. The summed E-state index contributed by atoms with van der Waals surface area (Å²) in [7, 11) is 1.72. The molecule has 1 unspecified atom stereocenters.